The maximum atomic E-state index is 12.6. The average molecular weight is 515 g/mol. The fraction of sp³-hybridized carbons (Fsp3) is 0.357. The van der Waals surface area contributed by atoms with E-state index in [4.69, 9.17) is 19.8 Å². The van der Waals surface area contributed by atoms with Crippen molar-refractivity contribution in [3.05, 3.63) is 59.8 Å². The van der Waals surface area contributed by atoms with Crippen molar-refractivity contribution in [2.75, 3.05) is 48.5 Å². The second-order valence-corrected chi connectivity index (χ2v) is 9.32. The summed E-state index contributed by atoms with van der Waals surface area (Å²) in [7, 11) is 1.90. The van der Waals surface area contributed by atoms with Crippen molar-refractivity contribution >= 4 is 34.4 Å². The van der Waals surface area contributed by atoms with E-state index in [1.54, 1.807) is 4.68 Å². The standard InChI is InChI=1S/C28H34N8O2/c1-5-20-8-7-9-22(17-20)30-28(37)31-24-11-10-21(16-19(24)3)25-23-18-29-27(32-26(23)34(4)33-25)36(6-2)35-12-14-38-15-13-35/h7-11,16-18H,5-6,12-15H2,1-4H3,(H2,30,31,37). The predicted octanol–water partition coefficient (Wildman–Crippen LogP) is 4.62. The molecule has 0 unspecified atom stereocenters. The number of aromatic nitrogens is 4. The van der Waals surface area contributed by atoms with Crippen LogP contribution >= 0.6 is 0 Å². The normalized spacial score (nSPS) is 14.0. The molecule has 0 atom stereocenters. The fourth-order valence-electron chi connectivity index (χ4n) is 4.73. The first kappa shape index (κ1) is 25.6. The van der Waals surface area contributed by atoms with Crippen LogP contribution in [0.15, 0.2) is 48.7 Å². The molecule has 0 bridgehead atoms. The Morgan fingerprint density at radius 2 is 1.92 bits per heavy atom. The molecular formula is C28H34N8O2. The molecule has 0 aliphatic carbocycles. The van der Waals surface area contributed by atoms with E-state index in [-0.39, 0.29) is 6.03 Å². The van der Waals surface area contributed by atoms with Crippen LogP contribution in [0.1, 0.15) is 25.0 Å². The second-order valence-electron chi connectivity index (χ2n) is 9.32. The summed E-state index contributed by atoms with van der Waals surface area (Å²) in [5.74, 6) is 0.655. The van der Waals surface area contributed by atoms with Gasteiger partial charge in [0.25, 0.3) is 0 Å². The third-order valence-electron chi connectivity index (χ3n) is 6.77. The highest BCUT2D eigenvalue weighted by Crippen LogP contribution is 2.30. The van der Waals surface area contributed by atoms with Gasteiger partial charge in [0.05, 0.1) is 18.6 Å². The number of hydrogen-bond donors (Lipinski definition) is 2. The van der Waals surface area contributed by atoms with Crippen molar-refractivity contribution in [2.45, 2.75) is 27.2 Å². The number of hydrazine groups is 1. The third-order valence-corrected chi connectivity index (χ3v) is 6.77. The third kappa shape index (κ3) is 5.32. The van der Waals surface area contributed by atoms with Crippen LogP contribution in [0.2, 0.25) is 0 Å². The maximum Gasteiger partial charge on any atom is 0.323 e. The molecule has 1 fully saturated rings. The van der Waals surface area contributed by atoms with E-state index in [2.05, 4.69) is 34.5 Å². The number of fused-ring (bicyclic) bond motifs is 1. The number of carbonyl (C=O) groups is 1. The van der Waals surface area contributed by atoms with Crippen LogP contribution in [0.5, 0.6) is 0 Å². The van der Waals surface area contributed by atoms with Crippen molar-refractivity contribution in [2.24, 2.45) is 7.05 Å². The van der Waals surface area contributed by atoms with Gasteiger partial charge in [0, 0.05) is 49.8 Å². The zero-order valence-corrected chi connectivity index (χ0v) is 22.4. The smallest absolute Gasteiger partial charge is 0.323 e. The lowest BCUT2D eigenvalue weighted by atomic mass is 10.1. The van der Waals surface area contributed by atoms with Crippen LogP contribution in [-0.2, 0) is 18.2 Å². The Labute approximate surface area is 222 Å². The lowest BCUT2D eigenvalue weighted by molar-refractivity contribution is 0.0314. The van der Waals surface area contributed by atoms with Gasteiger partial charge < -0.3 is 15.4 Å². The summed E-state index contributed by atoms with van der Waals surface area (Å²) in [4.78, 5) is 22.2. The Hall–Kier alpha value is -4.02. The zero-order chi connectivity index (χ0) is 26.6. The van der Waals surface area contributed by atoms with Crippen molar-refractivity contribution < 1.29 is 9.53 Å². The minimum absolute atomic E-state index is 0.279. The molecule has 0 radical (unpaired) electrons. The Bertz CT molecular complexity index is 1440. The number of amides is 2. The zero-order valence-electron chi connectivity index (χ0n) is 22.4. The quantitative estimate of drug-likeness (QED) is 0.371. The highest BCUT2D eigenvalue weighted by molar-refractivity contribution is 6.00. The minimum Gasteiger partial charge on any atom is -0.379 e. The van der Waals surface area contributed by atoms with Crippen LogP contribution < -0.4 is 15.6 Å². The minimum atomic E-state index is -0.279. The predicted molar refractivity (Wildman–Crippen MR) is 150 cm³/mol. The van der Waals surface area contributed by atoms with E-state index in [9.17, 15) is 4.79 Å². The highest BCUT2D eigenvalue weighted by Gasteiger charge is 2.22. The molecule has 2 amide bonds. The molecule has 3 heterocycles. The number of morpholine rings is 1. The van der Waals surface area contributed by atoms with Crippen LogP contribution in [0.4, 0.5) is 22.1 Å². The largest absolute Gasteiger partial charge is 0.379 e. The van der Waals surface area contributed by atoms with Crippen LogP contribution in [0, 0.1) is 6.92 Å². The number of nitrogens with zero attached hydrogens (tertiary/aromatic N) is 6. The van der Waals surface area contributed by atoms with Crippen LogP contribution in [0.25, 0.3) is 22.3 Å². The molecule has 2 aromatic heterocycles. The van der Waals surface area contributed by atoms with Crippen molar-refractivity contribution in [3.63, 3.8) is 0 Å². The van der Waals surface area contributed by atoms with E-state index in [1.165, 1.54) is 5.56 Å². The van der Waals surface area contributed by atoms with E-state index in [1.807, 2.05) is 62.6 Å². The Balaban J connectivity index is 1.36. The second kappa shape index (κ2) is 11.2. The number of rotatable bonds is 7. The van der Waals surface area contributed by atoms with Crippen LogP contribution in [0.3, 0.4) is 0 Å². The molecule has 0 spiro atoms. The molecule has 1 aliphatic rings. The lowest BCUT2D eigenvalue weighted by Crippen LogP contribution is -2.49. The van der Waals surface area contributed by atoms with Gasteiger partial charge >= 0.3 is 6.03 Å². The number of urea groups is 1. The van der Waals surface area contributed by atoms with Gasteiger partial charge in [-0.15, -0.1) is 0 Å². The molecule has 2 N–H and O–H groups in total. The SMILES string of the molecule is CCc1cccc(NC(=O)Nc2ccc(-c3nn(C)c4nc(N(CC)N5CCOCC5)ncc34)cc2C)c1. The summed E-state index contributed by atoms with van der Waals surface area (Å²) >= 11 is 0. The van der Waals surface area contributed by atoms with Gasteiger partial charge in [0.1, 0.15) is 5.69 Å². The number of nitrogens with one attached hydrogen (secondary N) is 2. The monoisotopic (exact) mass is 514 g/mol. The molecular weight excluding hydrogens is 480 g/mol. The van der Waals surface area contributed by atoms with E-state index >= 15 is 0 Å². The maximum absolute atomic E-state index is 12.6. The van der Waals surface area contributed by atoms with Crippen molar-refractivity contribution in [3.8, 4) is 11.3 Å². The number of aryl methyl sites for hydroxylation is 3. The molecule has 10 heteroatoms. The van der Waals surface area contributed by atoms with E-state index in [0.29, 0.717) is 19.2 Å². The topological polar surface area (TPSA) is 100 Å². The molecule has 5 rings (SSSR count). The van der Waals surface area contributed by atoms with Crippen molar-refractivity contribution in [1.29, 1.82) is 0 Å². The molecule has 38 heavy (non-hydrogen) atoms. The first-order chi connectivity index (χ1) is 18.5. The summed E-state index contributed by atoms with van der Waals surface area (Å²) in [5, 5.41) is 15.8. The number of carbonyl (C=O) groups excluding carboxylic acids is 1. The molecule has 4 aromatic rings. The molecule has 1 saturated heterocycles. The Morgan fingerprint density at radius 3 is 2.66 bits per heavy atom. The molecule has 198 valence electrons. The fourth-order valence-corrected chi connectivity index (χ4v) is 4.73. The number of hydrogen-bond acceptors (Lipinski definition) is 7. The molecule has 10 nitrogen and oxygen atoms in total. The summed E-state index contributed by atoms with van der Waals surface area (Å²) in [6, 6.07) is 13.5. The summed E-state index contributed by atoms with van der Waals surface area (Å²) in [6.45, 7) is 9.95. The van der Waals surface area contributed by atoms with Gasteiger partial charge in [-0.1, -0.05) is 25.1 Å². The number of benzene rings is 2. The van der Waals surface area contributed by atoms with Gasteiger partial charge in [-0.05, 0) is 55.7 Å². The average Bonchev–Trinajstić information content (AvgIpc) is 3.26. The Morgan fingerprint density at radius 1 is 1.11 bits per heavy atom. The van der Waals surface area contributed by atoms with Crippen LogP contribution in [-0.4, -0.2) is 63.6 Å². The van der Waals surface area contributed by atoms with E-state index in [0.717, 1.165) is 65.3 Å². The first-order valence-electron chi connectivity index (χ1n) is 13.0. The number of ether oxygens (including phenoxy) is 1. The molecule has 0 saturated carbocycles. The van der Waals surface area contributed by atoms with E-state index < -0.39 is 0 Å². The highest BCUT2D eigenvalue weighted by atomic mass is 16.5. The molecule has 1 aliphatic heterocycles. The first-order valence-corrected chi connectivity index (χ1v) is 13.0. The number of anilines is 3. The van der Waals surface area contributed by atoms with Gasteiger partial charge in [-0.3, -0.25) is 5.01 Å². The molecule has 2 aromatic carbocycles. The Kier molecular flexibility index (Phi) is 7.52. The van der Waals surface area contributed by atoms with Gasteiger partial charge in [0.15, 0.2) is 5.65 Å². The summed E-state index contributed by atoms with van der Waals surface area (Å²) < 4.78 is 7.29. The lowest BCUT2D eigenvalue weighted by Gasteiger charge is -2.36. The summed E-state index contributed by atoms with van der Waals surface area (Å²) in [5.41, 5.74) is 6.12. The summed E-state index contributed by atoms with van der Waals surface area (Å²) in [6.07, 6.45) is 2.76. The van der Waals surface area contributed by atoms with Gasteiger partial charge in [0.2, 0.25) is 5.95 Å². The van der Waals surface area contributed by atoms with Gasteiger partial charge in [-0.2, -0.15) is 10.1 Å². The van der Waals surface area contributed by atoms with Gasteiger partial charge in [-0.25, -0.2) is 19.5 Å². The van der Waals surface area contributed by atoms with Crippen molar-refractivity contribution in [1.82, 2.24) is 24.8 Å².